The average molecular weight is 421 g/mol. The number of nitrogens with zero attached hydrogens (tertiary/aromatic N) is 4. The summed E-state index contributed by atoms with van der Waals surface area (Å²) in [4.78, 5) is 31.6. The van der Waals surface area contributed by atoms with Gasteiger partial charge in [0.05, 0.1) is 10.3 Å². The lowest BCUT2D eigenvalue weighted by molar-refractivity contribution is -0.383. The van der Waals surface area contributed by atoms with Crippen LogP contribution in [0.3, 0.4) is 0 Å². The molecule has 2 amide bonds. The molecule has 0 saturated carbocycles. The number of non-ortho nitro benzene ring substituents is 1. The van der Waals surface area contributed by atoms with E-state index in [-0.39, 0.29) is 11.7 Å². The number of pyridine rings is 1. The molecule has 9 nitrogen and oxygen atoms in total. The Labute approximate surface area is 179 Å². The van der Waals surface area contributed by atoms with Crippen molar-refractivity contribution >= 4 is 28.3 Å². The van der Waals surface area contributed by atoms with Gasteiger partial charge in [0.15, 0.2) is 0 Å². The summed E-state index contributed by atoms with van der Waals surface area (Å²) in [6.45, 7) is 1.36. The Morgan fingerprint density at radius 3 is 2.71 bits per heavy atom. The van der Waals surface area contributed by atoms with Gasteiger partial charge >= 0.3 is 6.03 Å². The maximum absolute atomic E-state index is 12.6. The maximum atomic E-state index is 12.6. The number of likely N-dealkylation sites (N-methyl/N-ethyl adjacent to an activating group) is 1. The van der Waals surface area contributed by atoms with Gasteiger partial charge in [-0.3, -0.25) is 15.4 Å². The Balaban J connectivity index is 1.52. The first kappa shape index (κ1) is 20.5. The van der Waals surface area contributed by atoms with Gasteiger partial charge in [-0.25, -0.2) is 9.78 Å². The van der Waals surface area contributed by atoms with Crippen molar-refractivity contribution in [1.82, 2.24) is 14.8 Å². The number of nitrogens with one attached hydrogen (secondary N) is 1. The highest BCUT2D eigenvalue weighted by Crippen LogP contribution is 2.35. The third-order valence-corrected chi connectivity index (χ3v) is 5.43. The van der Waals surface area contributed by atoms with Crippen LogP contribution in [0.1, 0.15) is 6.42 Å². The maximum Gasteiger partial charge on any atom is 0.323 e. The second-order valence-corrected chi connectivity index (χ2v) is 7.65. The fourth-order valence-corrected chi connectivity index (χ4v) is 3.71. The molecule has 9 heteroatoms. The minimum Gasteiger partial charge on any atom is -0.457 e. The van der Waals surface area contributed by atoms with Crippen molar-refractivity contribution in [2.45, 2.75) is 12.5 Å². The van der Waals surface area contributed by atoms with Gasteiger partial charge < -0.3 is 14.5 Å². The van der Waals surface area contributed by atoms with Crippen LogP contribution in [-0.4, -0.2) is 59.0 Å². The normalized spacial score (nSPS) is 16.0. The van der Waals surface area contributed by atoms with Gasteiger partial charge in [-0.05, 0) is 38.7 Å². The Hall–Kier alpha value is -3.72. The number of carbonyl (C=O) groups is 1. The van der Waals surface area contributed by atoms with Gasteiger partial charge in [0.2, 0.25) is 0 Å². The van der Waals surface area contributed by atoms with Gasteiger partial charge in [-0.15, -0.1) is 0 Å². The summed E-state index contributed by atoms with van der Waals surface area (Å²) in [5.74, 6) is 1.33. The molecule has 1 saturated heterocycles. The lowest BCUT2D eigenvalue weighted by Gasteiger charge is -2.20. The Bertz CT molecular complexity index is 1130. The number of hydrogen-bond acceptors (Lipinski definition) is 6. The van der Waals surface area contributed by atoms with E-state index in [0.717, 1.165) is 6.42 Å². The predicted octanol–water partition coefficient (Wildman–Crippen LogP) is 4.10. The SMILES string of the molecule is CN(C)[C@@H]1CCN(C(=O)Nc2cc(Oc3ccc([N+](=O)[O-])c4ccccc34)ccn2)C1. The first-order valence-electron chi connectivity index (χ1n) is 9.95. The van der Waals surface area contributed by atoms with E-state index >= 15 is 0 Å². The fourth-order valence-electron chi connectivity index (χ4n) is 3.71. The third kappa shape index (κ3) is 4.41. The minimum atomic E-state index is -0.411. The number of fused-ring (bicyclic) bond motifs is 1. The van der Waals surface area contributed by atoms with Crippen LogP contribution in [0.2, 0.25) is 0 Å². The molecule has 0 bridgehead atoms. The van der Waals surface area contributed by atoms with Gasteiger partial charge in [0.1, 0.15) is 17.3 Å². The Kier molecular flexibility index (Phi) is 5.68. The van der Waals surface area contributed by atoms with Crippen LogP contribution in [0.4, 0.5) is 16.3 Å². The molecule has 2 heterocycles. The number of aromatic nitrogens is 1. The predicted molar refractivity (Wildman–Crippen MR) is 118 cm³/mol. The zero-order valence-electron chi connectivity index (χ0n) is 17.3. The van der Waals surface area contributed by atoms with Crippen molar-refractivity contribution in [3.05, 3.63) is 64.8 Å². The van der Waals surface area contributed by atoms with E-state index in [4.69, 9.17) is 4.74 Å². The van der Waals surface area contributed by atoms with Crippen molar-refractivity contribution in [1.29, 1.82) is 0 Å². The molecule has 3 aromatic rings. The number of amides is 2. The molecular formula is C22H23N5O4. The number of urea groups is 1. The number of anilines is 1. The molecule has 160 valence electrons. The Morgan fingerprint density at radius 1 is 1.23 bits per heavy atom. The van der Waals surface area contributed by atoms with E-state index in [1.165, 1.54) is 6.07 Å². The van der Waals surface area contributed by atoms with Crippen LogP contribution in [0.15, 0.2) is 54.7 Å². The number of benzene rings is 2. The highest BCUT2D eigenvalue weighted by Gasteiger charge is 2.27. The molecule has 0 aliphatic carbocycles. The van der Waals surface area contributed by atoms with Crippen LogP contribution in [0, 0.1) is 10.1 Å². The summed E-state index contributed by atoms with van der Waals surface area (Å²) >= 11 is 0. The number of rotatable bonds is 5. The van der Waals surface area contributed by atoms with Gasteiger partial charge in [-0.2, -0.15) is 0 Å². The summed E-state index contributed by atoms with van der Waals surface area (Å²) < 4.78 is 5.99. The van der Waals surface area contributed by atoms with E-state index in [1.807, 2.05) is 14.1 Å². The third-order valence-electron chi connectivity index (χ3n) is 5.43. The summed E-state index contributed by atoms with van der Waals surface area (Å²) in [6.07, 6.45) is 2.48. The van der Waals surface area contributed by atoms with Crippen LogP contribution >= 0.6 is 0 Å². The Morgan fingerprint density at radius 2 is 2.00 bits per heavy atom. The molecule has 1 aromatic heterocycles. The molecule has 1 aliphatic heterocycles. The number of likely N-dealkylation sites (tertiary alicyclic amines) is 1. The highest BCUT2D eigenvalue weighted by molar-refractivity contribution is 5.95. The number of hydrogen-bond donors (Lipinski definition) is 1. The van der Waals surface area contributed by atoms with E-state index in [0.29, 0.717) is 47.2 Å². The first-order chi connectivity index (χ1) is 14.9. The van der Waals surface area contributed by atoms with Crippen molar-refractivity contribution in [3.63, 3.8) is 0 Å². The van der Waals surface area contributed by atoms with Crippen LogP contribution in [0.25, 0.3) is 10.8 Å². The standard InChI is InChI=1S/C22H23N5O4/c1-25(2)15-10-12-26(14-15)22(28)24-21-13-16(9-11-23-21)31-20-8-7-19(27(29)30)17-5-3-4-6-18(17)20/h3-9,11,13,15H,10,12,14H2,1-2H3,(H,23,24,28)/t15-/m1/s1. The lowest BCUT2D eigenvalue weighted by atomic mass is 10.1. The van der Waals surface area contributed by atoms with Crippen LogP contribution < -0.4 is 10.1 Å². The molecular weight excluding hydrogens is 398 g/mol. The quantitative estimate of drug-likeness (QED) is 0.492. The molecule has 4 rings (SSSR count). The van der Waals surface area contributed by atoms with Crippen molar-refractivity contribution < 1.29 is 14.5 Å². The molecule has 1 fully saturated rings. The first-order valence-corrected chi connectivity index (χ1v) is 9.95. The molecule has 1 atom stereocenters. The summed E-state index contributed by atoms with van der Waals surface area (Å²) in [6, 6.07) is 13.5. The lowest BCUT2D eigenvalue weighted by Crippen LogP contribution is -2.36. The molecule has 31 heavy (non-hydrogen) atoms. The number of carbonyl (C=O) groups excluding carboxylic acids is 1. The highest BCUT2D eigenvalue weighted by atomic mass is 16.6. The number of ether oxygens (including phenoxy) is 1. The second kappa shape index (κ2) is 8.57. The van der Waals surface area contributed by atoms with Crippen molar-refractivity contribution in [2.75, 3.05) is 32.5 Å². The van der Waals surface area contributed by atoms with E-state index < -0.39 is 4.92 Å². The molecule has 2 aromatic carbocycles. The zero-order chi connectivity index (χ0) is 22.0. The van der Waals surface area contributed by atoms with Crippen LogP contribution in [-0.2, 0) is 0 Å². The number of nitro benzene ring substituents is 1. The molecule has 0 unspecified atom stereocenters. The van der Waals surface area contributed by atoms with Gasteiger partial charge in [0, 0.05) is 42.8 Å². The van der Waals surface area contributed by atoms with Crippen molar-refractivity contribution in [2.24, 2.45) is 0 Å². The summed E-state index contributed by atoms with van der Waals surface area (Å²) in [5, 5.41) is 15.3. The average Bonchev–Trinajstić information content (AvgIpc) is 3.25. The molecule has 0 radical (unpaired) electrons. The monoisotopic (exact) mass is 421 g/mol. The summed E-state index contributed by atoms with van der Waals surface area (Å²) in [7, 11) is 4.02. The largest absolute Gasteiger partial charge is 0.457 e. The smallest absolute Gasteiger partial charge is 0.323 e. The second-order valence-electron chi connectivity index (χ2n) is 7.65. The summed E-state index contributed by atoms with van der Waals surface area (Å²) in [5.41, 5.74) is 0.0206. The van der Waals surface area contributed by atoms with E-state index in [2.05, 4.69) is 15.2 Å². The van der Waals surface area contributed by atoms with E-state index in [9.17, 15) is 14.9 Å². The van der Waals surface area contributed by atoms with Gasteiger partial charge in [0.25, 0.3) is 5.69 Å². The fraction of sp³-hybridized carbons (Fsp3) is 0.273. The van der Waals surface area contributed by atoms with Crippen LogP contribution in [0.5, 0.6) is 11.5 Å². The zero-order valence-corrected chi connectivity index (χ0v) is 17.3. The topological polar surface area (TPSA) is 101 Å². The van der Waals surface area contributed by atoms with Crippen molar-refractivity contribution in [3.8, 4) is 11.5 Å². The number of nitro groups is 1. The molecule has 1 aliphatic rings. The minimum absolute atomic E-state index is 0.0206. The molecule has 0 spiro atoms. The van der Waals surface area contributed by atoms with E-state index in [1.54, 1.807) is 53.6 Å². The van der Waals surface area contributed by atoms with Gasteiger partial charge in [-0.1, -0.05) is 18.2 Å². The molecule has 1 N–H and O–H groups in total.